The van der Waals surface area contributed by atoms with Crippen LogP contribution in [0.1, 0.15) is 18.9 Å². The van der Waals surface area contributed by atoms with Gasteiger partial charge in [-0.1, -0.05) is 37.3 Å². The monoisotopic (exact) mass is 290 g/mol. The van der Waals surface area contributed by atoms with Crippen LogP contribution in [0.2, 0.25) is 0 Å². The third-order valence-electron chi connectivity index (χ3n) is 3.31. The van der Waals surface area contributed by atoms with Crippen molar-refractivity contribution in [3.05, 3.63) is 35.9 Å². The minimum atomic E-state index is -0.637. The molecule has 0 spiro atoms. The fourth-order valence-electron chi connectivity index (χ4n) is 1.88. The summed E-state index contributed by atoms with van der Waals surface area (Å²) in [4.78, 5) is 34.3. The van der Waals surface area contributed by atoms with Crippen molar-refractivity contribution in [2.24, 2.45) is 11.8 Å². The van der Waals surface area contributed by atoms with Crippen molar-refractivity contribution < 1.29 is 19.1 Å². The molecule has 1 fully saturated rings. The molecule has 3 amide bonds. The van der Waals surface area contributed by atoms with Gasteiger partial charge in [-0.25, -0.2) is 4.79 Å². The zero-order chi connectivity index (χ0) is 15.2. The van der Waals surface area contributed by atoms with Gasteiger partial charge in [-0.05, 0) is 17.9 Å². The van der Waals surface area contributed by atoms with E-state index >= 15 is 0 Å². The minimum Gasteiger partial charge on any atom is -0.455 e. The third kappa shape index (κ3) is 4.91. The van der Waals surface area contributed by atoms with E-state index in [0.29, 0.717) is 12.5 Å². The highest BCUT2D eigenvalue weighted by atomic mass is 16.5. The fourth-order valence-corrected chi connectivity index (χ4v) is 1.88. The highest BCUT2D eigenvalue weighted by Crippen LogP contribution is 2.38. The number of hydrogen-bond donors (Lipinski definition) is 2. The van der Waals surface area contributed by atoms with Gasteiger partial charge in [0.25, 0.3) is 5.91 Å². The summed E-state index contributed by atoms with van der Waals surface area (Å²) in [5, 5.41) is 4.66. The zero-order valence-corrected chi connectivity index (χ0v) is 11.8. The summed E-state index contributed by atoms with van der Waals surface area (Å²) in [6.45, 7) is 1.84. The Labute approximate surface area is 122 Å². The van der Waals surface area contributed by atoms with E-state index in [1.54, 1.807) is 0 Å². The first-order valence-electron chi connectivity index (χ1n) is 6.84. The van der Waals surface area contributed by atoms with E-state index in [1.807, 2.05) is 37.3 Å². The van der Waals surface area contributed by atoms with E-state index in [9.17, 15) is 14.4 Å². The van der Waals surface area contributed by atoms with Gasteiger partial charge in [0.05, 0.1) is 5.92 Å². The smallest absolute Gasteiger partial charge is 0.321 e. The van der Waals surface area contributed by atoms with Gasteiger partial charge in [0.1, 0.15) is 0 Å². The largest absolute Gasteiger partial charge is 0.455 e. The Hall–Kier alpha value is -2.37. The molecule has 0 saturated heterocycles. The summed E-state index contributed by atoms with van der Waals surface area (Å²) in [5.41, 5.74) is 0.925. The molecule has 2 N–H and O–H groups in total. The van der Waals surface area contributed by atoms with Crippen molar-refractivity contribution in [1.82, 2.24) is 10.6 Å². The normalized spacial score (nSPS) is 19.5. The van der Waals surface area contributed by atoms with Crippen molar-refractivity contribution >= 4 is 17.9 Å². The van der Waals surface area contributed by atoms with E-state index in [0.717, 1.165) is 12.0 Å². The second-order valence-corrected chi connectivity index (χ2v) is 5.14. The number of hydrogen-bond acceptors (Lipinski definition) is 4. The second kappa shape index (κ2) is 6.88. The molecule has 6 heteroatoms. The number of carbonyl (C=O) groups excluding carboxylic acids is 3. The average Bonchev–Trinajstić information content (AvgIpc) is 3.21. The molecular formula is C15H18N2O4. The van der Waals surface area contributed by atoms with Gasteiger partial charge >= 0.3 is 12.0 Å². The molecule has 0 unspecified atom stereocenters. The zero-order valence-electron chi connectivity index (χ0n) is 11.8. The Balaban J connectivity index is 1.63. The van der Waals surface area contributed by atoms with Crippen LogP contribution in [0.25, 0.3) is 0 Å². The molecule has 0 bridgehead atoms. The predicted octanol–water partition coefficient (Wildman–Crippen LogP) is 1.21. The Bertz CT molecular complexity index is 530. The number of amides is 3. The molecule has 0 aromatic heterocycles. The molecule has 6 nitrogen and oxygen atoms in total. The van der Waals surface area contributed by atoms with Gasteiger partial charge < -0.3 is 10.1 Å². The topological polar surface area (TPSA) is 84.5 Å². The molecule has 0 radical (unpaired) electrons. The van der Waals surface area contributed by atoms with E-state index in [4.69, 9.17) is 4.74 Å². The van der Waals surface area contributed by atoms with Crippen molar-refractivity contribution in [2.75, 3.05) is 6.61 Å². The fraction of sp³-hybridized carbons (Fsp3) is 0.400. The summed E-state index contributed by atoms with van der Waals surface area (Å²) >= 11 is 0. The lowest BCUT2D eigenvalue weighted by molar-refractivity contribution is -0.149. The first kappa shape index (κ1) is 15.0. The first-order valence-corrected chi connectivity index (χ1v) is 6.84. The Morgan fingerprint density at radius 1 is 1.24 bits per heavy atom. The number of nitrogens with one attached hydrogen (secondary N) is 2. The summed E-state index contributed by atoms with van der Waals surface area (Å²) in [7, 11) is 0. The molecule has 112 valence electrons. The highest BCUT2D eigenvalue weighted by molar-refractivity contribution is 5.95. The Morgan fingerprint density at radius 3 is 2.52 bits per heavy atom. The standard InChI is InChI=1S/C15H18N2O4/c1-10-7-12(10)14(19)21-9-13(18)17-15(20)16-8-11-5-3-2-4-6-11/h2-6,10,12H,7-9H2,1H3,(H2,16,17,18,20)/t10-,12-/m1/s1. The van der Waals surface area contributed by atoms with Gasteiger partial charge in [0.15, 0.2) is 6.61 Å². The predicted molar refractivity (Wildman–Crippen MR) is 75.1 cm³/mol. The van der Waals surface area contributed by atoms with Crippen molar-refractivity contribution in [3.8, 4) is 0 Å². The molecule has 1 saturated carbocycles. The van der Waals surface area contributed by atoms with Crippen LogP contribution in [0, 0.1) is 11.8 Å². The van der Waals surface area contributed by atoms with Crippen LogP contribution in [0.3, 0.4) is 0 Å². The molecule has 1 aromatic rings. The lowest BCUT2D eigenvalue weighted by Crippen LogP contribution is -2.41. The summed E-state index contributed by atoms with van der Waals surface area (Å²) in [6, 6.07) is 8.71. The van der Waals surface area contributed by atoms with Crippen molar-refractivity contribution in [3.63, 3.8) is 0 Å². The number of ether oxygens (including phenoxy) is 1. The number of carbonyl (C=O) groups is 3. The summed E-state index contributed by atoms with van der Waals surface area (Å²) < 4.78 is 4.83. The second-order valence-electron chi connectivity index (χ2n) is 5.14. The van der Waals surface area contributed by atoms with Gasteiger partial charge in [0, 0.05) is 6.54 Å². The van der Waals surface area contributed by atoms with E-state index in [1.165, 1.54) is 0 Å². The number of benzene rings is 1. The molecule has 1 aromatic carbocycles. The molecule has 0 aliphatic heterocycles. The molecule has 2 rings (SSSR count). The molecule has 1 aliphatic rings. The third-order valence-corrected chi connectivity index (χ3v) is 3.31. The van der Waals surface area contributed by atoms with Crippen LogP contribution in [-0.4, -0.2) is 24.5 Å². The number of urea groups is 1. The number of esters is 1. The van der Waals surface area contributed by atoms with Crippen molar-refractivity contribution in [2.45, 2.75) is 19.9 Å². The van der Waals surface area contributed by atoms with Crippen LogP contribution < -0.4 is 10.6 Å². The number of imide groups is 1. The maximum Gasteiger partial charge on any atom is 0.321 e. The van der Waals surface area contributed by atoms with Crippen LogP contribution in [0.4, 0.5) is 4.79 Å². The van der Waals surface area contributed by atoms with Crippen LogP contribution in [0.15, 0.2) is 30.3 Å². The van der Waals surface area contributed by atoms with Crippen molar-refractivity contribution in [1.29, 1.82) is 0 Å². The van der Waals surface area contributed by atoms with E-state index < -0.39 is 18.5 Å². The Kier molecular flexibility index (Phi) is 4.92. The maximum atomic E-state index is 11.5. The van der Waals surface area contributed by atoms with E-state index in [2.05, 4.69) is 10.6 Å². The van der Waals surface area contributed by atoms with Gasteiger partial charge in [0.2, 0.25) is 0 Å². The minimum absolute atomic E-state index is 0.0929. The molecule has 1 aliphatic carbocycles. The molecular weight excluding hydrogens is 272 g/mol. The first-order chi connectivity index (χ1) is 10.1. The quantitative estimate of drug-likeness (QED) is 0.798. The summed E-state index contributed by atoms with van der Waals surface area (Å²) in [5.74, 6) is -0.774. The molecule has 0 heterocycles. The lowest BCUT2D eigenvalue weighted by Gasteiger charge is -2.07. The lowest BCUT2D eigenvalue weighted by atomic mass is 10.2. The maximum absolute atomic E-state index is 11.5. The SMILES string of the molecule is C[C@@H]1C[C@H]1C(=O)OCC(=O)NC(=O)NCc1ccccc1. The van der Waals surface area contributed by atoms with Crippen LogP contribution in [0.5, 0.6) is 0 Å². The Morgan fingerprint density at radius 2 is 1.90 bits per heavy atom. The molecule has 2 atom stereocenters. The average molecular weight is 290 g/mol. The highest BCUT2D eigenvalue weighted by Gasteiger charge is 2.40. The van der Waals surface area contributed by atoms with Crippen LogP contribution in [-0.2, 0) is 20.9 Å². The molecule has 21 heavy (non-hydrogen) atoms. The van der Waals surface area contributed by atoms with Gasteiger partial charge in [-0.2, -0.15) is 0 Å². The number of rotatable bonds is 5. The van der Waals surface area contributed by atoms with Crippen LogP contribution >= 0.6 is 0 Å². The van der Waals surface area contributed by atoms with Gasteiger partial charge in [-0.15, -0.1) is 0 Å². The summed E-state index contributed by atoms with van der Waals surface area (Å²) in [6.07, 6.45) is 0.804. The van der Waals surface area contributed by atoms with Gasteiger partial charge in [-0.3, -0.25) is 14.9 Å². The van der Waals surface area contributed by atoms with E-state index in [-0.39, 0.29) is 11.9 Å².